The van der Waals surface area contributed by atoms with Crippen molar-refractivity contribution in [3.05, 3.63) is 66.2 Å². The third kappa shape index (κ3) is 3.40. The Kier molecular flexibility index (Phi) is 4.57. The van der Waals surface area contributed by atoms with Gasteiger partial charge >= 0.3 is 0 Å². The molecule has 1 aliphatic heterocycles. The molecule has 132 valence electrons. The monoisotopic (exact) mass is 345 g/mol. The van der Waals surface area contributed by atoms with Crippen molar-refractivity contribution in [2.45, 2.75) is 19.8 Å². The second kappa shape index (κ2) is 7.16. The largest absolute Gasteiger partial charge is 0.356 e. The van der Waals surface area contributed by atoms with Crippen molar-refractivity contribution in [3.8, 4) is 0 Å². The first-order chi connectivity index (χ1) is 12.7. The van der Waals surface area contributed by atoms with Gasteiger partial charge in [-0.15, -0.1) is 0 Å². The summed E-state index contributed by atoms with van der Waals surface area (Å²) in [5.41, 5.74) is 3.09. The summed E-state index contributed by atoms with van der Waals surface area (Å²) in [6.45, 7) is 3.78. The fourth-order valence-electron chi connectivity index (χ4n) is 3.66. The highest BCUT2D eigenvalue weighted by Gasteiger charge is 2.27. The number of fused-ring (bicyclic) bond motifs is 1. The van der Waals surface area contributed by atoms with Crippen LogP contribution < -0.4 is 10.2 Å². The third-order valence-corrected chi connectivity index (χ3v) is 5.07. The molecule has 0 bridgehead atoms. The SMILES string of the molecule is Cc1cc(N2CCCC(C(=O)Nc3ccccc3)C2)nc2ccccc12. The van der Waals surface area contributed by atoms with E-state index in [2.05, 4.69) is 35.3 Å². The summed E-state index contributed by atoms with van der Waals surface area (Å²) in [6, 6.07) is 20.0. The number of aryl methyl sites for hydroxylation is 1. The van der Waals surface area contributed by atoms with Crippen molar-refractivity contribution in [2.75, 3.05) is 23.3 Å². The molecule has 0 saturated carbocycles. The standard InChI is InChI=1S/C22H23N3O/c1-16-14-21(24-20-12-6-5-11-19(16)20)25-13-7-8-17(15-25)22(26)23-18-9-3-2-4-10-18/h2-6,9-12,14,17H,7-8,13,15H2,1H3,(H,23,26). The zero-order valence-electron chi connectivity index (χ0n) is 15.0. The van der Waals surface area contributed by atoms with E-state index in [1.807, 2.05) is 42.5 Å². The van der Waals surface area contributed by atoms with Gasteiger partial charge in [0.1, 0.15) is 5.82 Å². The normalized spacial score (nSPS) is 17.3. The fraction of sp³-hybridized carbons (Fsp3) is 0.273. The first-order valence-corrected chi connectivity index (χ1v) is 9.18. The maximum Gasteiger partial charge on any atom is 0.229 e. The average molecular weight is 345 g/mol. The Balaban J connectivity index is 1.52. The molecule has 0 spiro atoms. The van der Waals surface area contributed by atoms with E-state index in [4.69, 9.17) is 4.98 Å². The summed E-state index contributed by atoms with van der Waals surface area (Å²) in [7, 11) is 0. The van der Waals surface area contributed by atoms with E-state index in [0.717, 1.165) is 36.4 Å². The van der Waals surface area contributed by atoms with Crippen molar-refractivity contribution in [1.29, 1.82) is 0 Å². The van der Waals surface area contributed by atoms with Gasteiger partial charge in [-0.1, -0.05) is 36.4 Å². The molecule has 1 aliphatic rings. The van der Waals surface area contributed by atoms with Gasteiger partial charge in [0.05, 0.1) is 11.4 Å². The molecule has 4 nitrogen and oxygen atoms in total. The molecule has 1 aromatic heterocycles. The summed E-state index contributed by atoms with van der Waals surface area (Å²) < 4.78 is 0. The van der Waals surface area contributed by atoms with Crippen LogP contribution in [-0.4, -0.2) is 24.0 Å². The van der Waals surface area contributed by atoms with Crippen LogP contribution in [0.2, 0.25) is 0 Å². The van der Waals surface area contributed by atoms with Gasteiger partial charge in [-0.05, 0) is 49.6 Å². The minimum Gasteiger partial charge on any atom is -0.356 e. The van der Waals surface area contributed by atoms with E-state index in [-0.39, 0.29) is 11.8 Å². The van der Waals surface area contributed by atoms with Gasteiger partial charge in [0, 0.05) is 24.2 Å². The van der Waals surface area contributed by atoms with Crippen molar-refractivity contribution in [2.24, 2.45) is 5.92 Å². The number of piperidine rings is 1. The molecule has 1 unspecified atom stereocenters. The second-order valence-corrected chi connectivity index (χ2v) is 6.95. The molecule has 2 aromatic carbocycles. The Morgan fingerprint density at radius 2 is 1.88 bits per heavy atom. The van der Waals surface area contributed by atoms with E-state index >= 15 is 0 Å². The second-order valence-electron chi connectivity index (χ2n) is 6.95. The van der Waals surface area contributed by atoms with Gasteiger partial charge in [-0.2, -0.15) is 0 Å². The predicted octanol–water partition coefficient (Wildman–Crippen LogP) is 4.40. The van der Waals surface area contributed by atoms with E-state index in [9.17, 15) is 4.79 Å². The Labute approximate surface area is 153 Å². The summed E-state index contributed by atoms with van der Waals surface area (Å²) >= 11 is 0. The maximum absolute atomic E-state index is 12.7. The zero-order valence-corrected chi connectivity index (χ0v) is 15.0. The van der Waals surface area contributed by atoms with Crippen molar-refractivity contribution in [1.82, 2.24) is 4.98 Å². The van der Waals surface area contributed by atoms with Crippen LogP contribution in [0.3, 0.4) is 0 Å². The molecule has 26 heavy (non-hydrogen) atoms. The van der Waals surface area contributed by atoms with Gasteiger partial charge in [-0.25, -0.2) is 4.98 Å². The molecule has 0 radical (unpaired) electrons. The van der Waals surface area contributed by atoms with Crippen LogP contribution in [0.15, 0.2) is 60.7 Å². The molecule has 4 rings (SSSR count). The number of aromatic nitrogens is 1. The number of nitrogens with one attached hydrogen (secondary N) is 1. The number of nitrogens with zero attached hydrogens (tertiary/aromatic N) is 2. The molecule has 1 saturated heterocycles. The first kappa shape index (κ1) is 16.6. The molecule has 0 aliphatic carbocycles. The Bertz CT molecular complexity index is 923. The molecular weight excluding hydrogens is 322 g/mol. The van der Waals surface area contributed by atoms with Crippen LogP contribution in [0.5, 0.6) is 0 Å². The van der Waals surface area contributed by atoms with Gasteiger partial charge in [-0.3, -0.25) is 4.79 Å². The number of benzene rings is 2. The lowest BCUT2D eigenvalue weighted by atomic mass is 9.96. The Hall–Kier alpha value is -2.88. The molecular formula is C22H23N3O. The maximum atomic E-state index is 12.7. The molecule has 1 amide bonds. The van der Waals surface area contributed by atoms with E-state index in [1.54, 1.807) is 0 Å². The summed E-state index contributed by atoms with van der Waals surface area (Å²) in [4.78, 5) is 19.7. The minimum atomic E-state index is -0.0162. The van der Waals surface area contributed by atoms with Gasteiger partial charge < -0.3 is 10.2 Å². The van der Waals surface area contributed by atoms with Crippen LogP contribution in [0.4, 0.5) is 11.5 Å². The van der Waals surface area contributed by atoms with Gasteiger partial charge in [0.25, 0.3) is 0 Å². The summed E-state index contributed by atoms with van der Waals surface area (Å²) in [5, 5.41) is 4.23. The number of rotatable bonds is 3. The summed E-state index contributed by atoms with van der Waals surface area (Å²) in [6.07, 6.45) is 1.92. The van der Waals surface area contributed by atoms with Crippen LogP contribution in [0.25, 0.3) is 10.9 Å². The van der Waals surface area contributed by atoms with Gasteiger partial charge in [0.2, 0.25) is 5.91 Å². The molecule has 3 aromatic rings. The van der Waals surface area contributed by atoms with Crippen molar-refractivity contribution >= 4 is 28.3 Å². The van der Waals surface area contributed by atoms with Crippen molar-refractivity contribution < 1.29 is 4.79 Å². The Morgan fingerprint density at radius 1 is 1.12 bits per heavy atom. The van der Waals surface area contributed by atoms with Crippen molar-refractivity contribution in [3.63, 3.8) is 0 Å². The number of anilines is 2. The number of pyridine rings is 1. The summed E-state index contributed by atoms with van der Waals surface area (Å²) in [5.74, 6) is 1.05. The predicted molar refractivity (Wildman–Crippen MR) is 106 cm³/mol. The highest BCUT2D eigenvalue weighted by molar-refractivity contribution is 5.93. The number of carbonyl (C=O) groups is 1. The van der Waals surface area contributed by atoms with Crippen LogP contribution in [0, 0.1) is 12.8 Å². The van der Waals surface area contributed by atoms with Crippen LogP contribution >= 0.6 is 0 Å². The smallest absolute Gasteiger partial charge is 0.229 e. The van der Waals surface area contributed by atoms with Crippen LogP contribution in [0.1, 0.15) is 18.4 Å². The number of carbonyl (C=O) groups excluding carboxylic acids is 1. The fourth-order valence-corrected chi connectivity index (χ4v) is 3.66. The quantitative estimate of drug-likeness (QED) is 0.765. The zero-order chi connectivity index (χ0) is 17.9. The topological polar surface area (TPSA) is 45.2 Å². The highest BCUT2D eigenvalue weighted by Crippen LogP contribution is 2.27. The van der Waals surface area contributed by atoms with Gasteiger partial charge in [0.15, 0.2) is 0 Å². The number of amides is 1. The Morgan fingerprint density at radius 3 is 2.73 bits per heavy atom. The minimum absolute atomic E-state index is 0.0162. The average Bonchev–Trinajstić information content (AvgIpc) is 2.69. The van der Waals surface area contributed by atoms with E-state index in [0.29, 0.717) is 6.54 Å². The molecule has 1 N–H and O–H groups in total. The van der Waals surface area contributed by atoms with Crippen LogP contribution in [-0.2, 0) is 4.79 Å². The van der Waals surface area contributed by atoms with E-state index < -0.39 is 0 Å². The molecule has 2 heterocycles. The lowest BCUT2D eigenvalue weighted by Gasteiger charge is -2.33. The molecule has 1 atom stereocenters. The lowest BCUT2D eigenvalue weighted by Crippen LogP contribution is -2.41. The number of para-hydroxylation sites is 2. The number of hydrogen-bond acceptors (Lipinski definition) is 3. The number of hydrogen-bond donors (Lipinski definition) is 1. The lowest BCUT2D eigenvalue weighted by molar-refractivity contribution is -0.120. The van der Waals surface area contributed by atoms with E-state index in [1.165, 1.54) is 10.9 Å². The third-order valence-electron chi connectivity index (χ3n) is 5.07. The first-order valence-electron chi connectivity index (χ1n) is 9.18. The highest BCUT2D eigenvalue weighted by atomic mass is 16.1. The molecule has 1 fully saturated rings. The molecule has 4 heteroatoms.